The van der Waals surface area contributed by atoms with E-state index in [4.69, 9.17) is 0 Å². The summed E-state index contributed by atoms with van der Waals surface area (Å²) >= 11 is 0. The molecule has 0 aliphatic carbocycles. The summed E-state index contributed by atoms with van der Waals surface area (Å²) in [6.07, 6.45) is 3.08. The Morgan fingerprint density at radius 3 is 2.15 bits per heavy atom. The van der Waals surface area contributed by atoms with Gasteiger partial charge in [-0.2, -0.15) is 4.31 Å². The fourth-order valence-corrected chi connectivity index (χ4v) is 3.66. The van der Waals surface area contributed by atoms with Crippen molar-refractivity contribution in [1.82, 2.24) is 4.31 Å². The van der Waals surface area contributed by atoms with Gasteiger partial charge in [0.15, 0.2) is 0 Å². The smallest absolute Gasteiger partial charge is 0.243 e. The lowest BCUT2D eigenvalue weighted by Gasteiger charge is -2.21. The van der Waals surface area contributed by atoms with Gasteiger partial charge in [0.25, 0.3) is 0 Å². The molecule has 1 aromatic carbocycles. The number of rotatable bonds is 7. The summed E-state index contributed by atoms with van der Waals surface area (Å²) in [5.41, 5.74) is 2.16. The van der Waals surface area contributed by atoms with Crippen molar-refractivity contribution in [2.24, 2.45) is 0 Å². The predicted octanol–water partition coefficient (Wildman–Crippen LogP) is 2.16. The lowest BCUT2D eigenvalue weighted by molar-refractivity contribution is 0.280. The zero-order chi connectivity index (χ0) is 15.3. The molecule has 5 heteroatoms. The van der Waals surface area contributed by atoms with E-state index in [-0.39, 0.29) is 24.6 Å². The number of aryl methyl sites for hydroxylation is 2. The Morgan fingerprint density at radius 1 is 1.15 bits per heavy atom. The van der Waals surface area contributed by atoms with Crippen LogP contribution in [0.25, 0.3) is 0 Å². The van der Waals surface area contributed by atoms with Crippen molar-refractivity contribution in [2.45, 2.75) is 25.3 Å². The molecule has 0 heterocycles. The molecule has 0 amide bonds. The minimum absolute atomic E-state index is 0.183. The third-order valence-electron chi connectivity index (χ3n) is 3.09. The Labute approximate surface area is 121 Å². The predicted molar refractivity (Wildman–Crippen MR) is 81.0 cm³/mol. The quantitative estimate of drug-likeness (QED) is 0.784. The van der Waals surface area contributed by atoms with Crippen LogP contribution < -0.4 is 0 Å². The summed E-state index contributed by atoms with van der Waals surface area (Å²) in [5.74, 6) is 0. The van der Waals surface area contributed by atoms with E-state index in [0.29, 0.717) is 11.1 Å². The van der Waals surface area contributed by atoms with Crippen LogP contribution in [-0.2, 0) is 16.6 Å². The molecular weight excluding hydrogens is 274 g/mol. The standard InChI is InChI=1S/C15H21NO3S/c1-5-7-16(8-6-2)20(18,19)15-10-14(11-17)12(3)9-13(15)4/h5-6,9-10,17H,1-2,7-8,11H2,3-4H3. The van der Waals surface area contributed by atoms with Crippen molar-refractivity contribution < 1.29 is 13.5 Å². The molecule has 0 radical (unpaired) electrons. The van der Waals surface area contributed by atoms with Crippen molar-refractivity contribution in [1.29, 1.82) is 0 Å². The van der Waals surface area contributed by atoms with Crippen LogP contribution in [0.5, 0.6) is 0 Å². The highest BCUT2D eigenvalue weighted by molar-refractivity contribution is 7.89. The summed E-state index contributed by atoms with van der Waals surface area (Å²) in [7, 11) is -3.63. The largest absolute Gasteiger partial charge is 0.392 e. The molecule has 20 heavy (non-hydrogen) atoms. The first kappa shape index (κ1) is 16.6. The third-order valence-corrected chi connectivity index (χ3v) is 5.06. The lowest BCUT2D eigenvalue weighted by Crippen LogP contribution is -2.32. The summed E-state index contributed by atoms with van der Waals surface area (Å²) in [6.45, 7) is 11.0. The normalized spacial score (nSPS) is 11.6. The minimum Gasteiger partial charge on any atom is -0.392 e. The maximum atomic E-state index is 12.7. The Kier molecular flexibility index (Phi) is 5.68. The molecule has 0 saturated heterocycles. The van der Waals surface area contributed by atoms with Gasteiger partial charge < -0.3 is 5.11 Å². The van der Waals surface area contributed by atoms with Gasteiger partial charge in [0, 0.05) is 13.1 Å². The van der Waals surface area contributed by atoms with E-state index in [1.165, 1.54) is 16.5 Å². The second kappa shape index (κ2) is 6.83. The van der Waals surface area contributed by atoms with Gasteiger partial charge in [-0.3, -0.25) is 0 Å². The maximum absolute atomic E-state index is 12.7. The molecule has 0 unspecified atom stereocenters. The zero-order valence-electron chi connectivity index (χ0n) is 12.0. The highest BCUT2D eigenvalue weighted by atomic mass is 32.2. The number of hydrogen-bond acceptors (Lipinski definition) is 3. The van der Waals surface area contributed by atoms with Gasteiger partial charge in [0.2, 0.25) is 10.0 Å². The number of nitrogens with zero attached hydrogens (tertiary/aromatic N) is 1. The van der Waals surface area contributed by atoms with E-state index in [9.17, 15) is 13.5 Å². The van der Waals surface area contributed by atoms with E-state index in [0.717, 1.165) is 5.56 Å². The van der Waals surface area contributed by atoms with Crippen LogP contribution in [0.3, 0.4) is 0 Å². The van der Waals surface area contributed by atoms with Crippen molar-refractivity contribution >= 4 is 10.0 Å². The van der Waals surface area contributed by atoms with Crippen molar-refractivity contribution in [3.8, 4) is 0 Å². The molecule has 0 saturated carbocycles. The number of sulfonamides is 1. The second-order valence-corrected chi connectivity index (χ2v) is 6.51. The Morgan fingerprint density at radius 2 is 1.70 bits per heavy atom. The zero-order valence-corrected chi connectivity index (χ0v) is 12.8. The molecule has 0 bridgehead atoms. The van der Waals surface area contributed by atoms with Gasteiger partial charge in [-0.15, -0.1) is 13.2 Å². The van der Waals surface area contributed by atoms with Gasteiger partial charge in [-0.1, -0.05) is 18.2 Å². The highest BCUT2D eigenvalue weighted by Crippen LogP contribution is 2.24. The van der Waals surface area contributed by atoms with E-state index in [1.807, 2.05) is 6.92 Å². The lowest BCUT2D eigenvalue weighted by atomic mass is 10.1. The SMILES string of the molecule is C=CCN(CC=C)S(=O)(=O)c1cc(CO)c(C)cc1C. The monoisotopic (exact) mass is 295 g/mol. The fourth-order valence-electron chi connectivity index (χ4n) is 2.02. The molecule has 1 aromatic rings. The minimum atomic E-state index is -3.63. The molecule has 0 aromatic heterocycles. The van der Waals surface area contributed by atoms with Crippen LogP contribution in [0.1, 0.15) is 16.7 Å². The molecule has 4 nitrogen and oxygen atoms in total. The van der Waals surface area contributed by atoms with E-state index in [1.54, 1.807) is 19.1 Å². The van der Waals surface area contributed by atoms with Crippen LogP contribution in [-0.4, -0.2) is 30.9 Å². The van der Waals surface area contributed by atoms with Crippen LogP contribution in [0.15, 0.2) is 42.3 Å². The van der Waals surface area contributed by atoms with Crippen LogP contribution >= 0.6 is 0 Å². The average Bonchev–Trinajstić information content (AvgIpc) is 2.38. The van der Waals surface area contributed by atoms with Gasteiger partial charge in [-0.05, 0) is 36.6 Å². The Bertz CT molecular complexity index is 596. The van der Waals surface area contributed by atoms with Crippen LogP contribution in [0.4, 0.5) is 0 Å². The van der Waals surface area contributed by atoms with Crippen molar-refractivity contribution in [3.63, 3.8) is 0 Å². The molecule has 0 atom stereocenters. The molecule has 1 N–H and O–H groups in total. The summed E-state index contributed by atoms with van der Waals surface area (Å²) in [5, 5.41) is 9.30. The van der Waals surface area contributed by atoms with Crippen LogP contribution in [0, 0.1) is 13.8 Å². The van der Waals surface area contributed by atoms with E-state index in [2.05, 4.69) is 13.2 Å². The number of aliphatic hydroxyl groups is 1. The van der Waals surface area contributed by atoms with Gasteiger partial charge in [-0.25, -0.2) is 8.42 Å². The molecular formula is C15H21NO3S. The summed E-state index contributed by atoms with van der Waals surface area (Å²) < 4.78 is 26.6. The first-order valence-electron chi connectivity index (χ1n) is 6.31. The first-order chi connectivity index (χ1) is 9.38. The number of aliphatic hydroxyl groups excluding tert-OH is 1. The summed E-state index contributed by atoms with van der Waals surface area (Å²) in [4.78, 5) is 0.218. The molecule has 0 fully saturated rings. The topological polar surface area (TPSA) is 57.6 Å². The molecule has 0 aliphatic heterocycles. The van der Waals surface area contributed by atoms with E-state index >= 15 is 0 Å². The molecule has 0 aliphatic rings. The Hall–Kier alpha value is -1.43. The molecule has 0 spiro atoms. The number of hydrogen-bond donors (Lipinski definition) is 1. The first-order valence-corrected chi connectivity index (χ1v) is 7.75. The Balaban J connectivity index is 3.39. The highest BCUT2D eigenvalue weighted by Gasteiger charge is 2.25. The van der Waals surface area contributed by atoms with Gasteiger partial charge in [0.1, 0.15) is 0 Å². The van der Waals surface area contributed by atoms with Crippen LogP contribution in [0.2, 0.25) is 0 Å². The van der Waals surface area contributed by atoms with E-state index < -0.39 is 10.0 Å². The fraction of sp³-hybridized carbons (Fsp3) is 0.333. The molecule has 110 valence electrons. The summed E-state index contributed by atoms with van der Waals surface area (Å²) in [6, 6.07) is 3.32. The third kappa shape index (κ3) is 3.36. The second-order valence-electron chi connectivity index (χ2n) is 4.60. The number of benzene rings is 1. The van der Waals surface area contributed by atoms with Gasteiger partial charge >= 0.3 is 0 Å². The average molecular weight is 295 g/mol. The maximum Gasteiger partial charge on any atom is 0.243 e. The van der Waals surface area contributed by atoms with Gasteiger partial charge in [0.05, 0.1) is 11.5 Å². The van der Waals surface area contributed by atoms with Crippen molar-refractivity contribution in [3.05, 3.63) is 54.1 Å². The van der Waals surface area contributed by atoms with Crippen molar-refractivity contribution in [2.75, 3.05) is 13.1 Å². The molecule has 1 rings (SSSR count).